The number of aromatic nitrogens is 2. The van der Waals surface area contributed by atoms with Crippen LogP contribution in [0.5, 0.6) is 0 Å². The third-order valence-corrected chi connectivity index (χ3v) is 3.76. The van der Waals surface area contributed by atoms with Crippen molar-refractivity contribution in [1.29, 1.82) is 0 Å². The lowest BCUT2D eigenvalue weighted by Crippen LogP contribution is -2.02. The van der Waals surface area contributed by atoms with Crippen LogP contribution in [0.3, 0.4) is 0 Å². The molecule has 4 heteroatoms. The van der Waals surface area contributed by atoms with E-state index in [1.165, 1.54) is 11.1 Å². The van der Waals surface area contributed by atoms with Crippen LogP contribution in [0.15, 0.2) is 48.7 Å². The number of fused-ring (bicyclic) bond motifs is 1. The summed E-state index contributed by atoms with van der Waals surface area (Å²) in [6.45, 7) is 2.80. The van der Waals surface area contributed by atoms with Crippen LogP contribution in [0.4, 0.5) is 5.69 Å². The molecule has 0 aliphatic heterocycles. The summed E-state index contributed by atoms with van der Waals surface area (Å²) < 4.78 is 5.36. The Kier molecular flexibility index (Phi) is 3.88. The van der Waals surface area contributed by atoms with Crippen molar-refractivity contribution >= 4 is 16.6 Å². The Morgan fingerprint density at radius 3 is 2.95 bits per heavy atom. The van der Waals surface area contributed by atoms with Crippen LogP contribution in [0, 0.1) is 0 Å². The Hall–Kier alpha value is -2.33. The lowest BCUT2D eigenvalue weighted by molar-refractivity contribution is 0.119. The van der Waals surface area contributed by atoms with Gasteiger partial charge in [-0.3, -0.25) is 5.10 Å². The van der Waals surface area contributed by atoms with Gasteiger partial charge in [-0.25, -0.2) is 0 Å². The molecule has 1 heterocycles. The van der Waals surface area contributed by atoms with Gasteiger partial charge >= 0.3 is 0 Å². The van der Waals surface area contributed by atoms with Gasteiger partial charge < -0.3 is 10.1 Å². The van der Waals surface area contributed by atoms with Crippen molar-refractivity contribution in [3.63, 3.8) is 0 Å². The number of anilines is 1. The summed E-state index contributed by atoms with van der Waals surface area (Å²) >= 11 is 0. The first-order chi connectivity index (χ1) is 10.3. The van der Waals surface area contributed by atoms with Gasteiger partial charge in [0.05, 0.1) is 17.8 Å². The van der Waals surface area contributed by atoms with E-state index >= 15 is 0 Å². The van der Waals surface area contributed by atoms with Gasteiger partial charge in [0.15, 0.2) is 0 Å². The first-order valence-electron chi connectivity index (χ1n) is 7.05. The number of nitrogens with one attached hydrogen (secondary N) is 2. The van der Waals surface area contributed by atoms with Crippen LogP contribution in [-0.4, -0.2) is 17.3 Å². The molecule has 0 aliphatic rings. The number of hydrogen-bond acceptors (Lipinski definition) is 3. The van der Waals surface area contributed by atoms with E-state index in [-0.39, 0.29) is 6.10 Å². The van der Waals surface area contributed by atoms with E-state index in [1.807, 2.05) is 19.2 Å². The summed E-state index contributed by atoms with van der Waals surface area (Å²) in [5.41, 5.74) is 4.55. The third kappa shape index (κ3) is 2.90. The smallest absolute Gasteiger partial charge is 0.0793 e. The van der Waals surface area contributed by atoms with E-state index in [0.29, 0.717) is 0 Å². The average molecular weight is 281 g/mol. The molecule has 1 aromatic heterocycles. The summed E-state index contributed by atoms with van der Waals surface area (Å²) in [5, 5.41) is 11.7. The quantitative estimate of drug-likeness (QED) is 0.746. The zero-order chi connectivity index (χ0) is 14.7. The van der Waals surface area contributed by atoms with E-state index in [2.05, 4.69) is 51.9 Å². The normalized spacial score (nSPS) is 12.5. The molecule has 0 fully saturated rings. The van der Waals surface area contributed by atoms with Crippen molar-refractivity contribution in [2.75, 3.05) is 12.4 Å². The largest absolute Gasteiger partial charge is 0.381 e. The van der Waals surface area contributed by atoms with Crippen molar-refractivity contribution < 1.29 is 4.74 Å². The number of aromatic amines is 1. The number of benzene rings is 2. The van der Waals surface area contributed by atoms with Gasteiger partial charge in [0.25, 0.3) is 0 Å². The van der Waals surface area contributed by atoms with Crippen LogP contribution in [0.2, 0.25) is 0 Å². The molecule has 0 bridgehead atoms. The highest BCUT2D eigenvalue weighted by molar-refractivity contribution is 5.81. The molecule has 1 atom stereocenters. The highest BCUT2D eigenvalue weighted by Gasteiger charge is 2.05. The molecule has 0 spiro atoms. The first kappa shape index (κ1) is 13.6. The first-order valence-corrected chi connectivity index (χ1v) is 7.05. The van der Waals surface area contributed by atoms with E-state index in [9.17, 15) is 0 Å². The van der Waals surface area contributed by atoms with Crippen molar-refractivity contribution in [3.8, 4) is 0 Å². The third-order valence-electron chi connectivity index (χ3n) is 3.76. The zero-order valence-corrected chi connectivity index (χ0v) is 12.3. The number of H-pyrrole nitrogens is 1. The number of nitrogens with zero attached hydrogens (tertiary/aromatic N) is 1. The second kappa shape index (κ2) is 5.97. The van der Waals surface area contributed by atoms with Crippen LogP contribution in [0.25, 0.3) is 10.9 Å². The molecule has 108 valence electrons. The van der Waals surface area contributed by atoms with Gasteiger partial charge in [-0.05, 0) is 30.2 Å². The highest BCUT2D eigenvalue weighted by atomic mass is 16.5. The second-order valence-electron chi connectivity index (χ2n) is 5.11. The van der Waals surface area contributed by atoms with Gasteiger partial charge in [-0.1, -0.05) is 30.3 Å². The van der Waals surface area contributed by atoms with E-state index in [1.54, 1.807) is 7.11 Å². The fourth-order valence-corrected chi connectivity index (χ4v) is 2.41. The monoisotopic (exact) mass is 281 g/mol. The summed E-state index contributed by atoms with van der Waals surface area (Å²) in [5.74, 6) is 0. The Morgan fingerprint density at radius 1 is 1.24 bits per heavy atom. The van der Waals surface area contributed by atoms with Gasteiger partial charge in [0, 0.05) is 24.7 Å². The van der Waals surface area contributed by atoms with Crippen LogP contribution >= 0.6 is 0 Å². The lowest BCUT2D eigenvalue weighted by atomic mass is 10.1. The van der Waals surface area contributed by atoms with Crippen LogP contribution in [-0.2, 0) is 11.3 Å². The molecule has 0 saturated heterocycles. The van der Waals surface area contributed by atoms with Crippen LogP contribution < -0.4 is 5.32 Å². The van der Waals surface area contributed by atoms with Gasteiger partial charge in [0.1, 0.15) is 0 Å². The van der Waals surface area contributed by atoms with Crippen molar-refractivity contribution in [1.82, 2.24) is 10.2 Å². The minimum Gasteiger partial charge on any atom is -0.381 e. The second-order valence-corrected chi connectivity index (χ2v) is 5.11. The Balaban J connectivity index is 1.77. The minimum absolute atomic E-state index is 0.0998. The maximum atomic E-state index is 5.36. The number of methoxy groups -OCH3 is 1. The van der Waals surface area contributed by atoms with E-state index in [4.69, 9.17) is 4.74 Å². The van der Waals surface area contributed by atoms with E-state index in [0.717, 1.165) is 23.1 Å². The standard InChI is InChI=1S/C17H19N3O/c1-12(21-2)13-5-4-8-16(9-13)18-10-14-6-3-7-15-11-19-20-17(14)15/h3-9,11-12,18H,10H2,1-2H3,(H,19,20)/t12-/m0/s1. The molecular formula is C17H19N3O. The van der Waals surface area contributed by atoms with Gasteiger partial charge in [-0.15, -0.1) is 0 Å². The Bertz CT molecular complexity index is 735. The molecule has 0 unspecified atom stereocenters. The van der Waals surface area contributed by atoms with Gasteiger partial charge in [0.2, 0.25) is 0 Å². The highest BCUT2D eigenvalue weighted by Crippen LogP contribution is 2.21. The molecule has 3 rings (SSSR count). The number of rotatable bonds is 5. The van der Waals surface area contributed by atoms with Crippen molar-refractivity contribution in [3.05, 3.63) is 59.8 Å². The molecule has 4 nitrogen and oxygen atoms in total. The molecule has 0 aliphatic carbocycles. The summed E-state index contributed by atoms with van der Waals surface area (Å²) in [7, 11) is 1.73. The average Bonchev–Trinajstić information content (AvgIpc) is 3.01. The Labute approximate surface area is 124 Å². The summed E-state index contributed by atoms with van der Waals surface area (Å²) in [6, 6.07) is 14.5. The maximum Gasteiger partial charge on any atom is 0.0793 e. The fourth-order valence-electron chi connectivity index (χ4n) is 2.41. The van der Waals surface area contributed by atoms with Crippen molar-refractivity contribution in [2.24, 2.45) is 0 Å². The number of ether oxygens (including phenoxy) is 1. The van der Waals surface area contributed by atoms with Crippen LogP contribution in [0.1, 0.15) is 24.2 Å². The van der Waals surface area contributed by atoms with Crippen molar-refractivity contribution in [2.45, 2.75) is 19.6 Å². The maximum absolute atomic E-state index is 5.36. The van der Waals surface area contributed by atoms with Gasteiger partial charge in [-0.2, -0.15) is 5.10 Å². The zero-order valence-electron chi connectivity index (χ0n) is 12.3. The summed E-state index contributed by atoms with van der Waals surface area (Å²) in [6.07, 6.45) is 1.95. The molecule has 2 N–H and O–H groups in total. The minimum atomic E-state index is 0.0998. The fraction of sp³-hybridized carbons (Fsp3) is 0.235. The molecule has 2 aromatic carbocycles. The number of hydrogen-bond donors (Lipinski definition) is 2. The molecule has 21 heavy (non-hydrogen) atoms. The molecule has 0 amide bonds. The predicted octanol–water partition coefficient (Wildman–Crippen LogP) is 3.88. The topological polar surface area (TPSA) is 49.9 Å². The Morgan fingerprint density at radius 2 is 2.10 bits per heavy atom. The summed E-state index contributed by atoms with van der Waals surface area (Å²) in [4.78, 5) is 0. The van der Waals surface area contributed by atoms with E-state index < -0.39 is 0 Å². The molecule has 3 aromatic rings. The number of para-hydroxylation sites is 1. The lowest BCUT2D eigenvalue weighted by Gasteiger charge is -2.13. The molecule has 0 saturated carbocycles. The molecule has 0 radical (unpaired) electrons. The predicted molar refractivity (Wildman–Crippen MR) is 85.3 cm³/mol. The molecular weight excluding hydrogens is 262 g/mol. The SMILES string of the molecule is CO[C@@H](C)c1cccc(NCc2cccc3cn[nH]c23)c1.